The van der Waals surface area contributed by atoms with E-state index in [-0.39, 0.29) is 16.1 Å². The minimum Gasteiger partial charge on any atom is -0.319 e. The molecule has 0 heterocycles. The molecule has 21 heavy (non-hydrogen) atoms. The topological polar surface area (TPSA) is 89.3 Å². The number of anilines is 1. The van der Waals surface area contributed by atoms with Gasteiger partial charge in [0.1, 0.15) is 11.6 Å². The van der Waals surface area contributed by atoms with Crippen molar-refractivity contribution in [1.29, 1.82) is 0 Å². The lowest BCUT2D eigenvalue weighted by Gasteiger charge is -2.08. The van der Waals surface area contributed by atoms with E-state index in [1.54, 1.807) is 0 Å². The highest BCUT2D eigenvalue weighted by molar-refractivity contribution is 7.89. The predicted octanol–water partition coefficient (Wildman–Crippen LogP) is 1.86. The fraction of sp³-hybridized carbons (Fsp3) is 0. The highest BCUT2D eigenvalue weighted by atomic mass is 32.2. The third-order valence-electron chi connectivity index (χ3n) is 2.62. The van der Waals surface area contributed by atoms with Crippen LogP contribution >= 0.6 is 0 Å². The molecule has 0 unspecified atom stereocenters. The normalized spacial score (nSPS) is 11.2. The van der Waals surface area contributed by atoms with E-state index < -0.39 is 27.6 Å². The lowest BCUT2D eigenvalue weighted by atomic mass is 10.2. The fourth-order valence-corrected chi connectivity index (χ4v) is 2.11. The Morgan fingerprint density at radius 2 is 1.67 bits per heavy atom. The molecule has 2 aromatic carbocycles. The van der Waals surface area contributed by atoms with E-state index in [0.717, 1.165) is 30.3 Å². The van der Waals surface area contributed by atoms with Crippen molar-refractivity contribution in [2.45, 2.75) is 4.90 Å². The van der Waals surface area contributed by atoms with Crippen molar-refractivity contribution in [3.8, 4) is 0 Å². The summed E-state index contributed by atoms with van der Waals surface area (Å²) in [7, 11) is -4.02. The van der Waals surface area contributed by atoms with Crippen LogP contribution < -0.4 is 10.5 Å². The fourth-order valence-electron chi connectivity index (χ4n) is 1.57. The Morgan fingerprint density at radius 1 is 1.05 bits per heavy atom. The van der Waals surface area contributed by atoms with Gasteiger partial charge >= 0.3 is 0 Å². The molecule has 1 amide bonds. The average molecular weight is 312 g/mol. The predicted molar refractivity (Wildman–Crippen MR) is 72.1 cm³/mol. The minimum absolute atomic E-state index is 0.0943. The first-order valence-electron chi connectivity index (χ1n) is 5.66. The van der Waals surface area contributed by atoms with Crippen molar-refractivity contribution in [3.63, 3.8) is 0 Å². The van der Waals surface area contributed by atoms with Crippen molar-refractivity contribution >= 4 is 21.6 Å². The second-order valence-electron chi connectivity index (χ2n) is 4.15. The lowest BCUT2D eigenvalue weighted by molar-refractivity contribution is 0.102. The van der Waals surface area contributed by atoms with E-state index in [4.69, 9.17) is 5.14 Å². The second kappa shape index (κ2) is 5.58. The van der Waals surface area contributed by atoms with Gasteiger partial charge in [-0.25, -0.2) is 22.3 Å². The maximum atomic E-state index is 13.6. The molecule has 5 nitrogen and oxygen atoms in total. The van der Waals surface area contributed by atoms with Crippen LogP contribution in [0.3, 0.4) is 0 Å². The van der Waals surface area contributed by atoms with Crippen molar-refractivity contribution in [2.75, 3.05) is 5.32 Å². The zero-order valence-corrected chi connectivity index (χ0v) is 11.3. The molecular weight excluding hydrogens is 302 g/mol. The molecule has 3 N–H and O–H groups in total. The molecule has 2 aromatic rings. The summed E-state index contributed by atoms with van der Waals surface area (Å²) < 4.78 is 48.7. The van der Waals surface area contributed by atoms with Gasteiger partial charge < -0.3 is 5.32 Å². The lowest BCUT2D eigenvalue weighted by Crippen LogP contribution is -2.16. The van der Waals surface area contributed by atoms with Crippen LogP contribution in [0.15, 0.2) is 47.4 Å². The molecule has 0 bridgehead atoms. The summed E-state index contributed by atoms with van der Waals surface area (Å²) in [6.45, 7) is 0. The summed E-state index contributed by atoms with van der Waals surface area (Å²) in [4.78, 5) is 11.5. The van der Waals surface area contributed by atoms with Crippen molar-refractivity contribution in [2.24, 2.45) is 5.14 Å². The molecule has 0 aliphatic carbocycles. The largest absolute Gasteiger partial charge is 0.319 e. The highest BCUT2D eigenvalue weighted by Gasteiger charge is 2.14. The van der Waals surface area contributed by atoms with Crippen LogP contribution in [0.5, 0.6) is 0 Å². The summed E-state index contributed by atoms with van der Waals surface area (Å²) in [6, 6.07) is 7.35. The van der Waals surface area contributed by atoms with Crippen LogP contribution in [0.4, 0.5) is 14.5 Å². The number of benzene rings is 2. The molecule has 2 rings (SSSR count). The molecule has 0 fully saturated rings. The van der Waals surface area contributed by atoms with Gasteiger partial charge in [-0.3, -0.25) is 4.79 Å². The summed E-state index contributed by atoms with van der Waals surface area (Å²) in [5.74, 6) is -2.05. The van der Waals surface area contributed by atoms with Gasteiger partial charge in [0.05, 0.1) is 10.6 Å². The Bertz CT molecular complexity index is 790. The third kappa shape index (κ3) is 3.61. The maximum absolute atomic E-state index is 13.6. The number of halogens is 2. The standard InChI is InChI=1S/C13H10F2N2O3S/c14-9-3-1-8(2-4-9)13(18)17-12-7-10(21(16,19)20)5-6-11(12)15/h1-7H,(H,17,18)(H2,16,19,20). The molecule has 0 aromatic heterocycles. The van der Waals surface area contributed by atoms with Gasteiger partial charge in [-0.1, -0.05) is 0 Å². The van der Waals surface area contributed by atoms with E-state index in [2.05, 4.69) is 5.32 Å². The van der Waals surface area contributed by atoms with Crippen LogP contribution in [-0.2, 0) is 10.0 Å². The Balaban J connectivity index is 2.31. The summed E-state index contributed by atoms with van der Waals surface area (Å²) in [5.41, 5.74) is -0.243. The van der Waals surface area contributed by atoms with Crippen LogP contribution in [-0.4, -0.2) is 14.3 Å². The van der Waals surface area contributed by atoms with Crippen molar-refractivity contribution in [3.05, 3.63) is 59.7 Å². The summed E-state index contributed by atoms with van der Waals surface area (Å²) >= 11 is 0. The van der Waals surface area contributed by atoms with Gasteiger partial charge in [0.25, 0.3) is 5.91 Å². The Hall–Kier alpha value is -2.32. The summed E-state index contributed by atoms with van der Waals surface area (Å²) in [5, 5.41) is 7.13. The molecule has 0 aliphatic heterocycles. The minimum atomic E-state index is -4.02. The second-order valence-corrected chi connectivity index (χ2v) is 5.71. The van der Waals surface area contributed by atoms with E-state index >= 15 is 0 Å². The number of nitrogens with one attached hydrogen (secondary N) is 1. The number of sulfonamides is 1. The number of primary sulfonamides is 1. The first-order valence-corrected chi connectivity index (χ1v) is 7.21. The van der Waals surface area contributed by atoms with Gasteiger partial charge in [-0.05, 0) is 42.5 Å². The molecule has 0 saturated heterocycles. The van der Waals surface area contributed by atoms with Gasteiger partial charge in [-0.15, -0.1) is 0 Å². The number of amides is 1. The molecule has 0 atom stereocenters. The van der Waals surface area contributed by atoms with Gasteiger partial charge in [0, 0.05) is 5.56 Å². The van der Waals surface area contributed by atoms with Crippen LogP contribution in [0.1, 0.15) is 10.4 Å². The van der Waals surface area contributed by atoms with Crippen LogP contribution in [0.25, 0.3) is 0 Å². The monoisotopic (exact) mass is 312 g/mol. The SMILES string of the molecule is NS(=O)(=O)c1ccc(F)c(NC(=O)c2ccc(F)cc2)c1. The number of hydrogen-bond acceptors (Lipinski definition) is 3. The molecule has 0 spiro atoms. The van der Waals surface area contributed by atoms with Crippen LogP contribution in [0, 0.1) is 11.6 Å². The molecule has 0 radical (unpaired) electrons. The third-order valence-corrected chi connectivity index (χ3v) is 3.53. The van der Waals surface area contributed by atoms with E-state index in [0.29, 0.717) is 0 Å². The van der Waals surface area contributed by atoms with Crippen molar-refractivity contribution < 1.29 is 22.0 Å². The Labute approximate surface area is 119 Å². The van der Waals surface area contributed by atoms with E-state index in [1.807, 2.05) is 0 Å². The Kier molecular flexibility index (Phi) is 4.01. The zero-order valence-electron chi connectivity index (χ0n) is 10.5. The Morgan fingerprint density at radius 3 is 2.24 bits per heavy atom. The van der Waals surface area contributed by atoms with Gasteiger partial charge in [-0.2, -0.15) is 0 Å². The first kappa shape index (κ1) is 15.1. The highest BCUT2D eigenvalue weighted by Crippen LogP contribution is 2.19. The maximum Gasteiger partial charge on any atom is 0.255 e. The number of carbonyl (C=O) groups is 1. The zero-order chi connectivity index (χ0) is 15.6. The molecule has 0 aliphatic rings. The quantitative estimate of drug-likeness (QED) is 0.906. The van der Waals surface area contributed by atoms with Crippen LogP contribution in [0.2, 0.25) is 0 Å². The average Bonchev–Trinajstić information content (AvgIpc) is 2.40. The van der Waals surface area contributed by atoms with Gasteiger partial charge in [0.15, 0.2) is 0 Å². The molecule has 8 heteroatoms. The number of rotatable bonds is 3. The number of carbonyl (C=O) groups excluding carboxylic acids is 1. The van der Waals surface area contributed by atoms with E-state index in [9.17, 15) is 22.0 Å². The first-order chi connectivity index (χ1) is 9.77. The molecule has 110 valence electrons. The van der Waals surface area contributed by atoms with Crippen molar-refractivity contribution in [1.82, 2.24) is 0 Å². The number of nitrogens with two attached hydrogens (primary N) is 1. The smallest absolute Gasteiger partial charge is 0.255 e. The van der Waals surface area contributed by atoms with Gasteiger partial charge in [0.2, 0.25) is 10.0 Å². The number of hydrogen-bond donors (Lipinski definition) is 2. The molecular formula is C13H10F2N2O3S. The van der Waals surface area contributed by atoms with E-state index in [1.165, 1.54) is 12.1 Å². The summed E-state index contributed by atoms with van der Waals surface area (Å²) in [6.07, 6.45) is 0. The molecule has 0 saturated carbocycles.